The number of rotatable bonds is 9. The van der Waals surface area contributed by atoms with Gasteiger partial charge >= 0.3 is 0 Å². The van der Waals surface area contributed by atoms with Crippen LogP contribution in [0.3, 0.4) is 0 Å². The minimum atomic E-state index is -0.122. The number of ether oxygens (including phenoxy) is 1. The van der Waals surface area contributed by atoms with Gasteiger partial charge in [-0.15, -0.1) is 11.3 Å². The van der Waals surface area contributed by atoms with Crippen molar-refractivity contribution in [2.45, 2.75) is 52.2 Å². The summed E-state index contributed by atoms with van der Waals surface area (Å²) in [6.07, 6.45) is 3.63. The smallest absolute Gasteiger partial charge is 0.124 e. The molecule has 0 bridgehead atoms. The second kappa shape index (κ2) is 12.0. The summed E-state index contributed by atoms with van der Waals surface area (Å²) in [5, 5.41) is 20.1. The van der Waals surface area contributed by atoms with E-state index in [0.29, 0.717) is 13.2 Å². The van der Waals surface area contributed by atoms with Crippen molar-refractivity contribution in [3.05, 3.63) is 58.1 Å². The molecule has 5 rings (SSSR count). The largest absolute Gasteiger partial charge is 0.493 e. The molecule has 1 fully saturated rings. The fraction of sp³-hybridized carbons (Fsp3) is 0.500. The Bertz CT molecular complexity index is 1200. The molecule has 0 amide bonds. The molecular formula is C30H39N3O3S. The van der Waals surface area contributed by atoms with Crippen molar-refractivity contribution in [1.29, 1.82) is 0 Å². The van der Waals surface area contributed by atoms with E-state index in [-0.39, 0.29) is 12.7 Å². The van der Waals surface area contributed by atoms with Crippen LogP contribution in [0.15, 0.2) is 36.4 Å². The van der Waals surface area contributed by atoms with Gasteiger partial charge in [0.05, 0.1) is 25.0 Å². The Hall–Kier alpha value is -2.29. The maximum atomic E-state index is 9.70. The van der Waals surface area contributed by atoms with Crippen LogP contribution in [-0.4, -0.2) is 77.0 Å². The van der Waals surface area contributed by atoms with E-state index in [0.717, 1.165) is 74.9 Å². The van der Waals surface area contributed by atoms with E-state index in [4.69, 9.17) is 9.72 Å². The van der Waals surface area contributed by atoms with Gasteiger partial charge in [-0.25, -0.2) is 4.98 Å². The zero-order chi connectivity index (χ0) is 25.8. The maximum absolute atomic E-state index is 9.70. The van der Waals surface area contributed by atoms with E-state index in [1.54, 1.807) is 0 Å². The number of benzene rings is 2. The van der Waals surface area contributed by atoms with E-state index in [2.05, 4.69) is 60.0 Å². The van der Waals surface area contributed by atoms with Crippen LogP contribution in [0.25, 0.3) is 21.7 Å². The van der Waals surface area contributed by atoms with Crippen LogP contribution in [-0.2, 0) is 13.0 Å². The third-order valence-electron chi connectivity index (χ3n) is 7.79. The number of aromatic nitrogens is 1. The summed E-state index contributed by atoms with van der Waals surface area (Å²) in [6, 6.07) is 12.9. The molecule has 0 radical (unpaired) electrons. The lowest BCUT2D eigenvalue weighted by atomic mass is 9.93. The minimum absolute atomic E-state index is 0.122. The highest BCUT2D eigenvalue weighted by Gasteiger charge is 2.22. The first kappa shape index (κ1) is 26.3. The number of thiazole rings is 1. The molecule has 6 nitrogen and oxygen atoms in total. The molecule has 2 aliphatic heterocycles. The molecule has 0 unspecified atom stereocenters. The van der Waals surface area contributed by atoms with Crippen LogP contribution in [0.5, 0.6) is 5.75 Å². The number of likely N-dealkylation sites (tertiary alicyclic amines) is 1. The van der Waals surface area contributed by atoms with Gasteiger partial charge in [0.1, 0.15) is 10.8 Å². The Morgan fingerprint density at radius 1 is 0.946 bits per heavy atom. The van der Waals surface area contributed by atoms with Crippen molar-refractivity contribution in [2.75, 3.05) is 45.9 Å². The molecule has 3 heterocycles. The standard InChI is InChI=1S/C30H39N3O3S/c1-21-24(6-3-8-26(21)30-31-27-20-33(17-18-34)16-12-29(27)37-30)25-7-4-9-28(22(25)2)36-19-5-13-32-14-10-23(35)11-15-32/h3-4,6-9,23,34-35H,5,10-20H2,1-2H3. The SMILES string of the molecule is Cc1c(OCCCN2CCC(O)CC2)cccc1-c1cccc(-c2nc3c(s2)CCN(CCO)C3)c1C. The first-order chi connectivity index (χ1) is 18.0. The van der Waals surface area contributed by atoms with Gasteiger partial charge in [0, 0.05) is 49.7 Å². The van der Waals surface area contributed by atoms with Gasteiger partial charge in [0.15, 0.2) is 0 Å². The van der Waals surface area contributed by atoms with E-state index in [1.807, 2.05) is 11.3 Å². The van der Waals surface area contributed by atoms with E-state index in [1.165, 1.54) is 32.7 Å². The lowest BCUT2D eigenvalue weighted by Crippen LogP contribution is -2.36. The highest BCUT2D eigenvalue weighted by Crippen LogP contribution is 2.38. The van der Waals surface area contributed by atoms with Gasteiger partial charge < -0.3 is 19.8 Å². The molecule has 2 N–H and O–H groups in total. The first-order valence-corrected chi connectivity index (χ1v) is 14.4. The summed E-state index contributed by atoms with van der Waals surface area (Å²) in [4.78, 5) is 11.1. The van der Waals surface area contributed by atoms with Crippen LogP contribution in [0.4, 0.5) is 0 Å². The highest BCUT2D eigenvalue weighted by molar-refractivity contribution is 7.15. The molecule has 0 saturated carbocycles. The molecule has 0 aliphatic carbocycles. The van der Waals surface area contributed by atoms with Crippen molar-refractivity contribution in [1.82, 2.24) is 14.8 Å². The summed E-state index contributed by atoms with van der Waals surface area (Å²) in [5.74, 6) is 0.949. The number of aliphatic hydroxyl groups excluding tert-OH is 2. The van der Waals surface area contributed by atoms with Gasteiger partial charge in [-0.05, 0) is 67.9 Å². The van der Waals surface area contributed by atoms with Crippen molar-refractivity contribution < 1.29 is 14.9 Å². The molecule has 37 heavy (non-hydrogen) atoms. The number of fused-ring (bicyclic) bond motifs is 1. The van der Waals surface area contributed by atoms with Crippen molar-refractivity contribution in [3.8, 4) is 27.4 Å². The predicted molar refractivity (Wildman–Crippen MR) is 150 cm³/mol. The average Bonchev–Trinajstić information content (AvgIpc) is 3.32. The number of hydrogen-bond acceptors (Lipinski definition) is 7. The Labute approximate surface area is 224 Å². The molecule has 198 valence electrons. The molecule has 0 spiro atoms. The lowest BCUT2D eigenvalue weighted by Gasteiger charge is -2.29. The van der Waals surface area contributed by atoms with Crippen LogP contribution >= 0.6 is 11.3 Å². The second-order valence-corrected chi connectivity index (χ2v) is 11.4. The van der Waals surface area contributed by atoms with Crippen LogP contribution < -0.4 is 4.74 Å². The Morgan fingerprint density at radius 3 is 2.46 bits per heavy atom. The molecule has 2 aromatic carbocycles. The summed E-state index contributed by atoms with van der Waals surface area (Å²) in [7, 11) is 0. The molecule has 1 aromatic heterocycles. The van der Waals surface area contributed by atoms with Gasteiger partial charge in [0.2, 0.25) is 0 Å². The number of hydrogen-bond donors (Lipinski definition) is 2. The molecule has 1 saturated heterocycles. The Kier molecular flexibility index (Phi) is 8.57. The van der Waals surface area contributed by atoms with E-state index >= 15 is 0 Å². The Balaban J connectivity index is 1.29. The lowest BCUT2D eigenvalue weighted by molar-refractivity contribution is 0.0800. The van der Waals surface area contributed by atoms with Gasteiger partial charge in [-0.2, -0.15) is 0 Å². The third kappa shape index (κ3) is 6.07. The van der Waals surface area contributed by atoms with Gasteiger partial charge in [-0.1, -0.05) is 30.3 Å². The first-order valence-electron chi connectivity index (χ1n) is 13.6. The zero-order valence-electron chi connectivity index (χ0n) is 22.1. The summed E-state index contributed by atoms with van der Waals surface area (Å²) < 4.78 is 6.24. The number of aliphatic hydroxyl groups is 2. The topological polar surface area (TPSA) is 69.1 Å². The molecule has 2 aliphatic rings. The van der Waals surface area contributed by atoms with Gasteiger partial charge in [-0.3, -0.25) is 4.90 Å². The molecule has 7 heteroatoms. The monoisotopic (exact) mass is 521 g/mol. The number of nitrogens with zero attached hydrogens (tertiary/aromatic N) is 3. The molecule has 0 atom stereocenters. The fourth-order valence-electron chi connectivity index (χ4n) is 5.54. The summed E-state index contributed by atoms with van der Waals surface area (Å²) >= 11 is 1.82. The second-order valence-electron chi connectivity index (χ2n) is 10.3. The number of piperidine rings is 1. The molecular weight excluding hydrogens is 482 g/mol. The minimum Gasteiger partial charge on any atom is -0.493 e. The maximum Gasteiger partial charge on any atom is 0.124 e. The normalized spacial score (nSPS) is 17.2. The van der Waals surface area contributed by atoms with Crippen molar-refractivity contribution in [2.24, 2.45) is 0 Å². The average molecular weight is 522 g/mol. The van der Waals surface area contributed by atoms with Gasteiger partial charge in [0.25, 0.3) is 0 Å². The Morgan fingerprint density at radius 2 is 1.68 bits per heavy atom. The highest BCUT2D eigenvalue weighted by atomic mass is 32.1. The quantitative estimate of drug-likeness (QED) is 0.399. The van der Waals surface area contributed by atoms with Crippen LogP contribution in [0.2, 0.25) is 0 Å². The zero-order valence-corrected chi connectivity index (χ0v) is 22.9. The predicted octanol–water partition coefficient (Wildman–Crippen LogP) is 4.67. The van der Waals surface area contributed by atoms with Crippen molar-refractivity contribution in [3.63, 3.8) is 0 Å². The van der Waals surface area contributed by atoms with Crippen LogP contribution in [0.1, 0.15) is 41.0 Å². The fourth-order valence-corrected chi connectivity index (χ4v) is 6.68. The van der Waals surface area contributed by atoms with E-state index < -0.39 is 0 Å². The number of β-amino-alcohol motifs (C(OH)–C–C–N with tert-alkyl or cyclic N) is 1. The molecule has 3 aromatic rings. The summed E-state index contributed by atoms with van der Waals surface area (Å²) in [6.45, 7) is 10.7. The third-order valence-corrected chi connectivity index (χ3v) is 8.99. The van der Waals surface area contributed by atoms with Crippen LogP contribution in [0, 0.1) is 13.8 Å². The van der Waals surface area contributed by atoms with E-state index in [9.17, 15) is 10.2 Å². The van der Waals surface area contributed by atoms with Crippen molar-refractivity contribution >= 4 is 11.3 Å². The summed E-state index contributed by atoms with van der Waals surface area (Å²) in [5.41, 5.74) is 7.20.